The van der Waals surface area contributed by atoms with Gasteiger partial charge in [0, 0.05) is 32.9 Å². The Labute approximate surface area is 217 Å². The molecule has 2 N–H and O–H groups in total. The molecule has 0 aromatic heterocycles. The maximum Gasteiger partial charge on any atom is 0.233 e. The van der Waals surface area contributed by atoms with Gasteiger partial charge in [-0.15, -0.1) is 0 Å². The van der Waals surface area contributed by atoms with Crippen LogP contribution in [-0.2, 0) is 26.6 Å². The number of hydrogen-bond acceptors (Lipinski definition) is 5. The van der Waals surface area contributed by atoms with Crippen LogP contribution in [0.2, 0.25) is 10.0 Å². The molecule has 3 atom stereocenters. The normalized spacial score (nSPS) is 20.9. The Hall–Kier alpha value is -1.71. The Morgan fingerprint density at radius 2 is 1.94 bits per heavy atom. The van der Waals surface area contributed by atoms with E-state index in [1.807, 2.05) is 11.8 Å². The number of hydrogen-bond donors (Lipinski definition) is 1. The Morgan fingerprint density at radius 1 is 1.23 bits per heavy atom. The predicted molar refractivity (Wildman–Crippen MR) is 139 cm³/mol. The van der Waals surface area contributed by atoms with Gasteiger partial charge in [0.1, 0.15) is 15.7 Å². The van der Waals surface area contributed by atoms with E-state index in [1.54, 1.807) is 42.3 Å². The van der Waals surface area contributed by atoms with Crippen LogP contribution in [0, 0.1) is 5.82 Å². The van der Waals surface area contributed by atoms with Crippen molar-refractivity contribution >= 4 is 38.9 Å². The lowest BCUT2D eigenvalue weighted by Gasteiger charge is -2.40. The van der Waals surface area contributed by atoms with Crippen molar-refractivity contribution in [2.45, 2.75) is 49.6 Å². The molecule has 0 spiro atoms. The molecule has 1 aliphatic rings. The molecule has 0 aliphatic carbocycles. The monoisotopic (exact) mass is 543 g/mol. The van der Waals surface area contributed by atoms with Gasteiger partial charge in [0.25, 0.3) is 0 Å². The number of piperidine rings is 1. The first kappa shape index (κ1) is 27.9. The van der Waals surface area contributed by atoms with E-state index in [0.29, 0.717) is 53.5 Å². The summed E-state index contributed by atoms with van der Waals surface area (Å²) >= 11 is 12.4. The Kier molecular flexibility index (Phi) is 8.86. The first-order valence-corrected chi connectivity index (χ1v) is 14.2. The minimum atomic E-state index is -3.16. The molecule has 10 heteroatoms. The first-order chi connectivity index (χ1) is 16.3. The van der Waals surface area contributed by atoms with E-state index in [-0.39, 0.29) is 18.3 Å². The number of benzene rings is 2. The third-order valence-corrected chi connectivity index (χ3v) is 9.28. The topological polar surface area (TPSA) is 83.7 Å². The molecule has 2 aromatic carbocycles. The van der Waals surface area contributed by atoms with E-state index >= 15 is 0 Å². The van der Waals surface area contributed by atoms with Gasteiger partial charge in [-0.25, -0.2) is 12.8 Å². The molecule has 1 saturated heterocycles. The minimum absolute atomic E-state index is 0.153. The van der Waals surface area contributed by atoms with Gasteiger partial charge in [0.15, 0.2) is 0 Å². The smallest absolute Gasteiger partial charge is 0.233 e. The molecule has 1 heterocycles. The molecule has 1 aliphatic heterocycles. The number of halogens is 3. The van der Waals surface area contributed by atoms with E-state index in [1.165, 1.54) is 18.4 Å². The molecule has 0 saturated carbocycles. The van der Waals surface area contributed by atoms with Crippen molar-refractivity contribution in [2.75, 3.05) is 26.4 Å². The lowest BCUT2D eigenvalue weighted by atomic mass is 9.77. The lowest BCUT2D eigenvalue weighted by Crippen LogP contribution is -2.53. The Morgan fingerprint density at radius 3 is 2.54 bits per heavy atom. The fourth-order valence-corrected chi connectivity index (χ4v) is 6.04. The Bertz CT molecular complexity index is 1180. The molecule has 192 valence electrons. The highest BCUT2D eigenvalue weighted by molar-refractivity contribution is 7.91. The van der Waals surface area contributed by atoms with Crippen molar-refractivity contribution in [1.82, 2.24) is 9.80 Å². The van der Waals surface area contributed by atoms with Crippen LogP contribution in [0.1, 0.15) is 37.3 Å². The summed E-state index contributed by atoms with van der Waals surface area (Å²) in [4.78, 5) is 17.4. The summed E-state index contributed by atoms with van der Waals surface area (Å²) in [6.07, 6.45) is 2.11. The fourth-order valence-electron chi connectivity index (χ4n) is 4.66. The fraction of sp³-hybridized carbons (Fsp3) is 0.480. The second-order valence-corrected chi connectivity index (χ2v) is 12.7. The van der Waals surface area contributed by atoms with Gasteiger partial charge < -0.3 is 10.6 Å². The van der Waals surface area contributed by atoms with E-state index in [4.69, 9.17) is 28.9 Å². The highest BCUT2D eigenvalue weighted by Crippen LogP contribution is 2.35. The van der Waals surface area contributed by atoms with Crippen LogP contribution in [0.5, 0.6) is 0 Å². The highest BCUT2D eigenvalue weighted by atomic mass is 35.5. The van der Waals surface area contributed by atoms with Gasteiger partial charge in [-0.1, -0.05) is 41.4 Å². The van der Waals surface area contributed by atoms with Crippen LogP contribution >= 0.6 is 23.2 Å². The number of carbonyl (C=O) groups excluding carboxylic acids is 1. The molecule has 3 rings (SSSR count). The zero-order chi connectivity index (χ0) is 26.0. The zero-order valence-corrected chi connectivity index (χ0v) is 22.5. The molecule has 3 unspecified atom stereocenters. The zero-order valence-electron chi connectivity index (χ0n) is 20.2. The second kappa shape index (κ2) is 11.1. The van der Waals surface area contributed by atoms with Crippen LogP contribution in [0.3, 0.4) is 0 Å². The van der Waals surface area contributed by atoms with E-state index < -0.39 is 26.7 Å². The van der Waals surface area contributed by atoms with Crippen molar-refractivity contribution in [1.29, 1.82) is 0 Å². The van der Waals surface area contributed by atoms with Crippen molar-refractivity contribution in [3.63, 3.8) is 0 Å². The van der Waals surface area contributed by atoms with Crippen LogP contribution < -0.4 is 5.73 Å². The largest absolute Gasteiger partial charge is 0.341 e. The number of sulfone groups is 1. The molecule has 2 aromatic rings. The average molecular weight is 545 g/mol. The first-order valence-electron chi connectivity index (χ1n) is 11.5. The summed E-state index contributed by atoms with van der Waals surface area (Å²) in [5.41, 5.74) is 6.75. The predicted octanol–water partition coefficient (Wildman–Crippen LogP) is 4.23. The summed E-state index contributed by atoms with van der Waals surface area (Å²) in [6.45, 7) is 3.12. The van der Waals surface area contributed by atoms with Crippen molar-refractivity contribution in [3.8, 4) is 0 Å². The molecular formula is C25H32Cl2FN3O3S. The number of likely N-dealkylation sites (N-methyl/N-ethyl adjacent to an activating group) is 1. The lowest BCUT2D eigenvalue weighted by molar-refractivity contribution is -0.136. The van der Waals surface area contributed by atoms with E-state index in [0.717, 1.165) is 0 Å². The van der Waals surface area contributed by atoms with Gasteiger partial charge in [0.2, 0.25) is 5.91 Å². The molecule has 1 fully saturated rings. The maximum atomic E-state index is 13.8. The average Bonchev–Trinajstić information content (AvgIpc) is 2.78. The number of amides is 1. The number of nitrogens with zero attached hydrogens (tertiary/aromatic N) is 2. The van der Waals surface area contributed by atoms with Crippen molar-refractivity contribution < 1.29 is 17.6 Å². The minimum Gasteiger partial charge on any atom is -0.341 e. The molecular weight excluding hydrogens is 512 g/mol. The third-order valence-electron chi connectivity index (χ3n) is 6.90. The van der Waals surface area contributed by atoms with Gasteiger partial charge >= 0.3 is 0 Å². The van der Waals surface area contributed by atoms with Gasteiger partial charge in [-0.2, -0.15) is 0 Å². The van der Waals surface area contributed by atoms with Crippen LogP contribution in [0.25, 0.3) is 0 Å². The molecule has 35 heavy (non-hydrogen) atoms. The summed E-state index contributed by atoms with van der Waals surface area (Å²) in [6, 6.07) is 11.3. The van der Waals surface area contributed by atoms with Crippen molar-refractivity contribution in [3.05, 3.63) is 69.5 Å². The SMILES string of the molecule is CN(Cc1cccc(F)c1)C(=O)C(C)(CCN1CCC(S(C)(=O)=O)CC1N)c1ccc(Cl)c(Cl)c1. The highest BCUT2D eigenvalue weighted by Gasteiger charge is 2.39. The summed E-state index contributed by atoms with van der Waals surface area (Å²) in [5, 5.41) is 0.291. The number of nitrogens with two attached hydrogens (primary N) is 1. The third kappa shape index (κ3) is 6.74. The number of likely N-dealkylation sites (tertiary alicyclic amines) is 1. The number of rotatable bonds is 8. The van der Waals surface area contributed by atoms with Crippen LogP contribution in [-0.4, -0.2) is 61.9 Å². The molecule has 6 nitrogen and oxygen atoms in total. The summed E-state index contributed by atoms with van der Waals surface area (Å²) in [7, 11) is -1.47. The van der Waals surface area contributed by atoms with E-state index in [2.05, 4.69) is 0 Å². The van der Waals surface area contributed by atoms with Crippen LogP contribution in [0.4, 0.5) is 4.39 Å². The summed E-state index contributed by atoms with van der Waals surface area (Å²) < 4.78 is 37.6. The summed E-state index contributed by atoms with van der Waals surface area (Å²) in [5.74, 6) is -0.512. The Balaban J connectivity index is 1.83. The van der Waals surface area contributed by atoms with Crippen LogP contribution in [0.15, 0.2) is 42.5 Å². The van der Waals surface area contributed by atoms with Gasteiger partial charge in [-0.3, -0.25) is 9.69 Å². The van der Waals surface area contributed by atoms with E-state index in [9.17, 15) is 17.6 Å². The molecule has 0 bridgehead atoms. The molecule has 1 amide bonds. The maximum absolute atomic E-state index is 13.8. The number of carbonyl (C=O) groups is 1. The van der Waals surface area contributed by atoms with Gasteiger partial charge in [-0.05, 0) is 61.6 Å². The van der Waals surface area contributed by atoms with Gasteiger partial charge in [0.05, 0.1) is 26.9 Å². The second-order valence-electron chi connectivity index (χ2n) is 9.58. The standard InChI is InChI=1S/C25H32Cl2FN3O3S/c1-25(18-7-8-21(26)22(27)14-18,24(32)30(2)16-17-5-4-6-19(28)13-17)10-12-31-11-9-20(15-23(31)29)35(3,33)34/h4-8,13-14,20,23H,9-12,15-16,29H2,1-3H3. The van der Waals surface area contributed by atoms with Crippen molar-refractivity contribution in [2.24, 2.45) is 5.73 Å². The quantitative estimate of drug-likeness (QED) is 0.538. The molecule has 0 radical (unpaired) electrons.